The number of hydrogen-bond acceptors (Lipinski definition) is 4. The van der Waals surface area contributed by atoms with Crippen LogP contribution in [0.1, 0.15) is 54.6 Å². The van der Waals surface area contributed by atoms with Crippen molar-refractivity contribution in [2.45, 2.75) is 51.9 Å². The predicted molar refractivity (Wildman–Crippen MR) is 116 cm³/mol. The Labute approximate surface area is 180 Å². The molecule has 0 unspecified atom stereocenters. The van der Waals surface area contributed by atoms with Gasteiger partial charge in [0.05, 0.1) is 18.1 Å². The van der Waals surface area contributed by atoms with Crippen molar-refractivity contribution >= 4 is 15.9 Å². The van der Waals surface area contributed by atoms with Crippen molar-refractivity contribution in [3.05, 3.63) is 28.8 Å². The number of fused-ring (bicyclic) bond motifs is 2. The lowest BCUT2D eigenvalue weighted by molar-refractivity contribution is -0.103. The molecule has 1 amide bonds. The molecule has 30 heavy (non-hydrogen) atoms. The molecule has 0 aromatic heterocycles. The summed E-state index contributed by atoms with van der Waals surface area (Å²) in [7, 11) is -3.65. The van der Waals surface area contributed by atoms with Gasteiger partial charge in [0.2, 0.25) is 10.0 Å². The largest absolute Gasteiger partial charge is 0.379 e. The second kappa shape index (κ2) is 7.92. The zero-order valence-corrected chi connectivity index (χ0v) is 19.3. The molecule has 1 saturated heterocycles. The molecule has 6 nitrogen and oxygen atoms in total. The highest BCUT2D eigenvalue weighted by molar-refractivity contribution is 7.89. The molecule has 7 heteroatoms. The first-order valence-corrected chi connectivity index (χ1v) is 12.5. The number of benzene rings is 1. The molecule has 1 heterocycles. The Morgan fingerprint density at radius 3 is 2.53 bits per heavy atom. The average Bonchev–Trinajstić information content (AvgIpc) is 2.74. The van der Waals surface area contributed by atoms with Gasteiger partial charge in [-0.1, -0.05) is 13.8 Å². The van der Waals surface area contributed by atoms with Gasteiger partial charge in [-0.25, -0.2) is 8.42 Å². The first kappa shape index (κ1) is 21.8. The molecule has 0 radical (unpaired) electrons. The number of hydrogen-bond donors (Lipinski definition) is 1. The number of nitrogens with one attached hydrogen (secondary N) is 1. The highest BCUT2D eigenvalue weighted by Crippen LogP contribution is 2.61. The Hall–Kier alpha value is -1.44. The van der Waals surface area contributed by atoms with Gasteiger partial charge in [-0.05, 0) is 79.5 Å². The van der Waals surface area contributed by atoms with E-state index >= 15 is 0 Å². The van der Waals surface area contributed by atoms with E-state index in [0.717, 1.165) is 11.5 Å². The number of rotatable bonds is 5. The van der Waals surface area contributed by atoms with Crippen molar-refractivity contribution in [3.63, 3.8) is 0 Å². The van der Waals surface area contributed by atoms with Crippen LogP contribution in [0.2, 0.25) is 0 Å². The molecule has 166 valence electrons. The van der Waals surface area contributed by atoms with Gasteiger partial charge in [-0.2, -0.15) is 4.31 Å². The van der Waals surface area contributed by atoms with Crippen LogP contribution in [0.4, 0.5) is 0 Å². The standard InChI is InChI=1S/C23H34N2O4S/c1-15-11-18(12-21(16(15)2)30(27,28)25-7-9-29-10-8-25)22(26)24-14-17-5-6-19-13-20(17)23(19,3)4/h11-12,17,19-20H,5-10,13-14H2,1-4H3,(H,24,26)/t17-,19-,20-/m0/s1. The summed E-state index contributed by atoms with van der Waals surface area (Å²) < 4.78 is 33.1. The third kappa shape index (κ3) is 3.69. The van der Waals surface area contributed by atoms with E-state index in [1.165, 1.54) is 23.6 Å². The lowest BCUT2D eigenvalue weighted by atomic mass is 9.45. The number of amides is 1. The zero-order chi connectivity index (χ0) is 21.7. The maximum atomic E-state index is 13.2. The number of aryl methyl sites for hydroxylation is 1. The Balaban J connectivity index is 1.51. The third-order valence-corrected chi connectivity index (χ3v) is 10.0. The van der Waals surface area contributed by atoms with Crippen molar-refractivity contribution in [2.75, 3.05) is 32.8 Å². The summed E-state index contributed by atoms with van der Waals surface area (Å²) in [4.78, 5) is 13.2. The topological polar surface area (TPSA) is 75.7 Å². The Kier molecular flexibility index (Phi) is 5.75. The van der Waals surface area contributed by atoms with Crippen LogP contribution in [0.25, 0.3) is 0 Å². The maximum absolute atomic E-state index is 13.2. The van der Waals surface area contributed by atoms with Crippen LogP contribution in [0, 0.1) is 37.0 Å². The Morgan fingerprint density at radius 1 is 1.20 bits per heavy atom. The van der Waals surface area contributed by atoms with Gasteiger partial charge in [0, 0.05) is 25.2 Å². The maximum Gasteiger partial charge on any atom is 0.251 e. The number of ether oxygens (including phenoxy) is 1. The minimum Gasteiger partial charge on any atom is -0.379 e. The monoisotopic (exact) mass is 434 g/mol. The molecule has 3 atom stereocenters. The number of nitrogens with zero attached hydrogens (tertiary/aromatic N) is 1. The molecule has 3 aliphatic carbocycles. The summed E-state index contributed by atoms with van der Waals surface area (Å²) in [6.07, 6.45) is 3.69. The molecule has 1 aromatic rings. The van der Waals surface area contributed by atoms with Crippen molar-refractivity contribution in [3.8, 4) is 0 Å². The second-order valence-corrected chi connectivity index (χ2v) is 11.7. The molecule has 3 saturated carbocycles. The van der Waals surface area contributed by atoms with Gasteiger partial charge >= 0.3 is 0 Å². The van der Waals surface area contributed by atoms with E-state index < -0.39 is 10.0 Å². The van der Waals surface area contributed by atoms with Crippen LogP contribution in [0.3, 0.4) is 0 Å². The van der Waals surface area contributed by atoms with E-state index in [2.05, 4.69) is 19.2 Å². The lowest BCUT2D eigenvalue weighted by Gasteiger charge is -2.60. The molecule has 5 rings (SSSR count). The number of carbonyl (C=O) groups excluding carboxylic acids is 1. The van der Waals surface area contributed by atoms with E-state index in [9.17, 15) is 13.2 Å². The number of morpholine rings is 1. The molecule has 0 spiro atoms. The fourth-order valence-electron chi connectivity index (χ4n) is 5.68. The summed E-state index contributed by atoms with van der Waals surface area (Å²) >= 11 is 0. The molecule has 1 N–H and O–H groups in total. The first-order valence-electron chi connectivity index (χ1n) is 11.1. The van der Waals surface area contributed by atoms with Crippen LogP contribution in [-0.4, -0.2) is 51.5 Å². The van der Waals surface area contributed by atoms with Gasteiger partial charge in [-0.15, -0.1) is 0 Å². The average molecular weight is 435 g/mol. The second-order valence-electron chi connectivity index (χ2n) is 9.84. The van der Waals surface area contributed by atoms with E-state index in [1.54, 1.807) is 12.1 Å². The van der Waals surface area contributed by atoms with Crippen LogP contribution in [0.5, 0.6) is 0 Å². The summed E-state index contributed by atoms with van der Waals surface area (Å²) in [6.45, 7) is 10.5. The summed E-state index contributed by atoms with van der Waals surface area (Å²) in [5.74, 6) is 1.84. The van der Waals surface area contributed by atoms with Gasteiger partial charge in [0.25, 0.3) is 5.91 Å². The smallest absolute Gasteiger partial charge is 0.251 e. The van der Waals surface area contributed by atoms with Crippen LogP contribution in [0.15, 0.2) is 17.0 Å². The summed E-state index contributed by atoms with van der Waals surface area (Å²) in [5, 5.41) is 3.10. The van der Waals surface area contributed by atoms with E-state index in [4.69, 9.17) is 4.74 Å². The SMILES string of the molecule is Cc1cc(C(=O)NC[C@@H]2CC[C@H]3C[C@@H]2C3(C)C)cc(S(=O)(=O)N2CCOCC2)c1C. The molecule has 2 bridgehead atoms. The van der Waals surface area contributed by atoms with Crippen LogP contribution < -0.4 is 5.32 Å². The molecule has 1 aromatic carbocycles. The van der Waals surface area contributed by atoms with Crippen molar-refractivity contribution < 1.29 is 17.9 Å². The highest BCUT2D eigenvalue weighted by Gasteiger charge is 2.53. The number of sulfonamides is 1. The Bertz CT molecular complexity index is 933. The van der Waals surface area contributed by atoms with E-state index in [-0.39, 0.29) is 10.8 Å². The van der Waals surface area contributed by atoms with E-state index in [0.29, 0.717) is 61.2 Å². The fraction of sp³-hybridized carbons (Fsp3) is 0.696. The molecule has 1 aliphatic heterocycles. The summed E-state index contributed by atoms with van der Waals surface area (Å²) in [6, 6.07) is 3.35. The van der Waals surface area contributed by atoms with Gasteiger partial charge in [0.1, 0.15) is 0 Å². The van der Waals surface area contributed by atoms with Crippen LogP contribution >= 0.6 is 0 Å². The van der Waals surface area contributed by atoms with E-state index in [1.807, 2.05) is 13.8 Å². The Morgan fingerprint density at radius 2 is 1.90 bits per heavy atom. The minimum atomic E-state index is -3.65. The lowest BCUT2D eigenvalue weighted by Crippen LogP contribution is -2.54. The quantitative estimate of drug-likeness (QED) is 0.773. The summed E-state index contributed by atoms with van der Waals surface area (Å²) in [5.41, 5.74) is 2.32. The van der Waals surface area contributed by atoms with Crippen molar-refractivity contribution in [1.82, 2.24) is 9.62 Å². The van der Waals surface area contributed by atoms with Crippen molar-refractivity contribution in [1.29, 1.82) is 0 Å². The van der Waals surface area contributed by atoms with Crippen molar-refractivity contribution in [2.24, 2.45) is 23.2 Å². The fourth-order valence-corrected chi connectivity index (χ4v) is 7.42. The molecular weight excluding hydrogens is 400 g/mol. The highest BCUT2D eigenvalue weighted by atomic mass is 32.2. The molecule has 4 fully saturated rings. The molecular formula is C23H34N2O4S. The molecule has 4 aliphatic rings. The van der Waals surface area contributed by atoms with Gasteiger partial charge in [0.15, 0.2) is 0 Å². The van der Waals surface area contributed by atoms with Gasteiger partial charge < -0.3 is 10.1 Å². The minimum absolute atomic E-state index is 0.184. The van der Waals surface area contributed by atoms with Crippen LogP contribution in [-0.2, 0) is 14.8 Å². The zero-order valence-electron chi connectivity index (χ0n) is 18.5. The predicted octanol–water partition coefficient (Wildman–Crippen LogP) is 3.13. The number of carbonyl (C=O) groups is 1. The van der Waals surface area contributed by atoms with Gasteiger partial charge in [-0.3, -0.25) is 4.79 Å². The third-order valence-electron chi connectivity index (χ3n) is 8.00. The normalized spacial score (nSPS) is 28.6. The first-order chi connectivity index (χ1) is 14.1.